The number of ketones is 1. The second-order valence-electron chi connectivity index (χ2n) is 7.27. The van der Waals surface area contributed by atoms with E-state index >= 15 is 0 Å². The fraction of sp³-hybridized carbons (Fsp3) is 0.556. The van der Waals surface area contributed by atoms with Crippen LogP contribution in [0.3, 0.4) is 0 Å². The molecule has 2 rings (SSSR count). The normalized spacial score (nSPS) is 17.0. The van der Waals surface area contributed by atoms with Crippen molar-refractivity contribution < 1.29 is 32.3 Å². The van der Waals surface area contributed by atoms with Crippen molar-refractivity contribution in [1.29, 1.82) is 0 Å². The van der Waals surface area contributed by atoms with Crippen LogP contribution in [0.5, 0.6) is 5.75 Å². The Labute approximate surface area is 150 Å². The molecule has 0 bridgehead atoms. The third-order valence-electron chi connectivity index (χ3n) is 4.00. The molecule has 1 aromatic rings. The van der Waals surface area contributed by atoms with Crippen molar-refractivity contribution in [3.63, 3.8) is 0 Å². The first-order valence-electron chi connectivity index (χ1n) is 8.33. The molecule has 0 spiro atoms. The Kier molecular flexibility index (Phi) is 5.95. The van der Waals surface area contributed by atoms with Gasteiger partial charge in [0, 0.05) is 24.6 Å². The summed E-state index contributed by atoms with van der Waals surface area (Å²) in [7, 11) is 0. The molecule has 0 amide bonds. The molecule has 5 nitrogen and oxygen atoms in total. The molecule has 26 heavy (non-hydrogen) atoms. The van der Waals surface area contributed by atoms with Crippen molar-refractivity contribution in [2.45, 2.75) is 40.0 Å². The Morgan fingerprint density at radius 1 is 1.12 bits per heavy atom. The molecule has 1 aliphatic rings. The fourth-order valence-electron chi connectivity index (χ4n) is 2.55. The molecule has 1 aliphatic heterocycles. The van der Waals surface area contributed by atoms with E-state index in [1.807, 2.05) is 0 Å². The summed E-state index contributed by atoms with van der Waals surface area (Å²) in [5, 5.41) is 1.53. The zero-order chi connectivity index (χ0) is 19.5. The lowest BCUT2D eigenvalue weighted by Gasteiger charge is -2.31. The van der Waals surface area contributed by atoms with Crippen LogP contribution in [0.25, 0.3) is 0 Å². The number of alkyl halides is 3. The maximum absolute atomic E-state index is 12.5. The van der Waals surface area contributed by atoms with Gasteiger partial charge in [0.05, 0.1) is 5.41 Å². The van der Waals surface area contributed by atoms with Crippen molar-refractivity contribution in [3.8, 4) is 5.75 Å². The lowest BCUT2D eigenvalue weighted by Crippen LogP contribution is -2.40. The Bertz CT molecular complexity index is 659. The second kappa shape index (κ2) is 7.65. The Morgan fingerprint density at radius 3 is 2.27 bits per heavy atom. The molecular weight excluding hydrogens is 351 g/mol. The van der Waals surface area contributed by atoms with E-state index in [9.17, 15) is 22.8 Å². The van der Waals surface area contributed by atoms with E-state index in [0.717, 1.165) is 12.1 Å². The number of Topliss-reactive ketones (excluding diaryl/α,β-unsaturated/α-hetero) is 1. The summed E-state index contributed by atoms with van der Waals surface area (Å²) >= 11 is 0. The Morgan fingerprint density at radius 2 is 1.73 bits per heavy atom. The van der Waals surface area contributed by atoms with Crippen LogP contribution in [0.4, 0.5) is 13.2 Å². The minimum Gasteiger partial charge on any atom is -0.406 e. The number of rotatable bonds is 4. The van der Waals surface area contributed by atoms with Gasteiger partial charge in [-0.05, 0) is 45.7 Å². The number of halogens is 3. The lowest BCUT2D eigenvalue weighted by molar-refractivity contribution is -0.274. The van der Waals surface area contributed by atoms with E-state index in [1.165, 1.54) is 17.2 Å². The first kappa shape index (κ1) is 20.2. The maximum Gasteiger partial charge on any atom is 0.573 e. The fourth-order valence-corrected chi connectivity index (χ4v) is 2.55. The Balaban J connectivity index is 1.94. The Hall–Kier alpha value is -2.09. The summed E-state index contributed by atoms with van der Waals surface area (Å²) in [5.41, 5.74) is -0.442. The molecule has 0 saturated carbocycles. The van der Waals surface area contributed by atoms with E-state index in [-0.39, 0.29) is 23.2 Å². The molecule has 8 heteroatoms. The molecule has 0 radical (unpaired) electrons. The molecule has 1 fully saturated rings. The van der Waals surface area contributed by atoms with Crippen LogP contribution in [-0.4, -0.2) is 36.3 Å². The summed E-state index contributed by atoms with van der Waals surface area (Å²) in [4.78, 5) is 29.7. The van der Waals surface area contributed by atoms with Gasteiger partial charge in [0.2, 0.25) is 0 Å². The first-order chi connectivity index (χ1) is 12.0. The van der Waals surface area contributed by atoms with Gasteiger partial charge in [-0.1, -0.05) is 12.1 Å². The molecule has 0 N–H and O–H groups in total. The van der Waals surface area contributed by atoms with E-state index in [4.69, 9.17) is 4.84 Å². The van der Waals surface area contributed by atoms with Crippen molar-refractivity contribution in [2.75, 3.05) is 13.1 Å². The quantitative estimate of drug-likeness (QED) is 0.747. The summed E-state index contributed by atoms with van der Waals surface area (Å²) in [6.07, 6.45) is -3.88. The number of carbonyl (C=O) groups excluding carboxylic acids is 2. The number of hydrogen-bond acceptors (Lipinski definition) is 5. The third kappa shape index (κ3) is 5.72. The third-order valence-corrected chi connectivity index (χ3v) is 4.00. The average molecular weight is 373 g/mol. The standard InChI is InChI=1S/C18H22F3NO4/c1-17(2,3)16(24)26-22-9-7-12(8-10-22)15(23)13-5-4-6-14(11-13)25-18(19,20)21/h4-6,11-12H,7-10H2,1-3H3. The van der Waals surface area contributed by atoms with E-state index in [0.29, 0.717) is 25.9 Å². The van der Waals surface area contributed by atoms with Gasteiger partial charge in [0.15, 0.2) is 5.78 Å². The van der Waals surface area contributed by atoms with Crippen LogP contribution in [0.1, 0.15) is 44.0 Å². The number of hydrogen-bond donors (Lipinski definition) is 0. The smallest absolute Gasteiger partial charge is 0.406 e. The van der Waals surface area contributed by atoms with Gasteiger partial charge in [0.25, 0.3) is 0 Å². The van der Waals surface area contributed by atoms with E-state index in [2.05, 4.69) is 4.74 Å². The predicted molar refractivity (Wildman–Crippen MR) is 87.3 cm³/mol. The van der Waals surface area contributed by atoms with Crippen molar-refractivity contribution in [2.24, 2.45) is 11.3 Å². The summed E-state index contributed by atoms with van der Waals surface area (Å²) in [5.74, 6) is -1.33. The summed E-state index contributed by atoms with van der Waals surface area (Å²) in [6.45, 7) is 6.05. The van der Waals surface area contributed by atoms with Crippen molar-refractivity contribution in [3.05, 3.63) is 29.8 Å². The van der Waals surface area contributed by atoms with Crippen LogP contribution >= 0.6 is 0 Å². The highest BCUT2D eigenvalue weighted by Crippen LogP contribution is 2.27. The van der Waals surface area contributed by atoms with Gasteiger partial charge in [-0.3, -0.25) is 4.79 Å². The topological polar surface area (TPSA) is 55.8 Å². The highest BCUT2D eigenvalue weighted by Gasteiger charge is 2.33. The highest BCUT2D eigenvalue weighted by molar-refractivity contribution is 5.98. The average Bonchev–Trinajstić information content (AvgIpc) is 2.52. The van der Waals surface area contributed by atoms with Crippen LogP contribution < -0.4 is 4.74 Å². The summed E-state index contributed by atoms with van der Waals surface area (Å²) in [6, 6.07) is 5.08. The summed E-state index contributed by atoms with van der Waals surface area (Å²) < 4.78 is 40.8. The zero-order valence-corrected chi connectivity index (χ0v) is 14.9. The van der Waals surface area contributed by atoms with Gasteiger partial charge in [0.1, 0.15) is 5.75 Å². The molecule has 0 aromatic heterocycles. The molecule has 1 aromatic carbocycles. The van der Waals surface area contributed by atoms with Gasteiger partial charge >= 0.3 is 12.3 Å². The SMILES string of the molecule is CC(C)(C)C(=O)ON1CCC(C(=O)c2cccc(OC(F)(F)F)c2)CC1. The van der Waals surface area contributed by atoms with E-state index < -0.39 is 17.5 Å². The molecule has 1 heterocycles. The molecule has 144 valence electrons. The number of piperidine rings is 1. The minimum absolute atomic E-state index is 0.178. The van der Waals surface area contributed by atoms with Crippen LogP contribution in [0.15, 0.2) is 24.3 Å². The molecule has 1 saturated heterocycles. The number of nitrogens with zero attached hydrogens (tertiary/aromatic N) is 1. The largest absolute Gasteiger partial charge is 0.573 e. The van der Waals surface area contributed by atoms with Gasteiger partial charge < -0.3 is 9.57 Å². The van der Waals surface area contributed by atoms with Crippen LogP contribution in [0, 0.1) is 11.3 Å². The van der Waals surface area contributed by atoms with Crippen molar-refractivity contribution >= 4 is 11.8 Å². The molecule has 0 aliphatic carbocycles. The highest BCUT2D eigenvalue weighted by atomic mass is 19.4. The van der Waals surface area contributed by atoms with Gasteiger partial charge in [-0.25, -0.2) is 4.79 Å². The van der Waals surface area contributed by atoms with Gasteiger partial charge in [-0.2, -0.15) is 0 Å². The minimum atomic E-state index is -4.80. The van der Waals surface area contributed by atoms with Gasteiger partial charge in [-0.15, -0.1) is 18.2 Å². The maximum atomic E-state index is 12.5. The molecular formula is C18H22F3NO4. The number of hydroxylamine groups is 2. The second-order valence-corrected chi connectivity index (χ2v) is 7.27. The lowest BCUT2D eigenvalue weighted by atomic mass is 9.89. The van der Waals surface area contributed by atoms with Crippen LogP contribution in [-0.2, 0) is 9.63 Å². The predicted octanol–water partition coefficient (Wildman–Crippen LogP) is 3.98. The monoisotopic (exact) mass is 373 g/mol. The number of benzene rings is 1. The zero-order valence-electron chi connectivity index (χ0n) is 14.9. The molecule has 0 atom stereocenters. The van der Waals surface area contributed by atoms with Crippen molar-refractivity contribution in [1.82, 2.24) is 5.06 Å². The molecule has 0 unspecified atom stereocenters. The number of ether oxygens (including phenoxy) is 1. The van der Waals surface area contributed by atoms with E-state index in [1.54, 1.807) is 20.8 Å². The number of carbonyl (C=O) groups is 2. The van der Waals surface area contributed by atoms with Crippen LogP contribution in [0.2, 0.25) is 0 Å². The first-order valence-corrected chi connectivity index (χ1v) is 8.33.